The highest BCUT2D eigenvalue weighted by molar-refractivity contribution is 6.06. The normalized spacial score (nSPS) is 31.7. The summed E-state index contributed by atoms with van der Waals surface area (Å²) < 4.78 is 5.49. The Kier molecular flexibility index (Phi) is 5.85. The molecule has 31 heavy (non-hydrogen) atoms. The first-order valence-corrected chi connectivity index (χ1v) is 11.6. The maximum Gasteiger partial charge on any atom is 0.333 e. The van der Waals surface area contributed by atoms with Gasteiger partial charge in [0.1, 0.15) is 11.5 Å². The van der Waals surface area contributed by atoms with Gasteiger partial charge in [-0.05, 0) is 44.9 Å². The molecule has 1 aliphatic carbocycles. The van der Waals surface area contributed by atoms with E-state index < -0.39 is 0 Å². The summed E-state index contributed by atoms with van der Waals surface area (Å²) in [6.07, 6.45) is 7.24. The van der Waals surface area contributed by atoms with Crippen LogP contribution >= 0.6 is 0 Å². The molecule has 3 atom stereocenters. The minimum atomic E-state index is -0.239. The molecule has 4 heterocycles. The van der Waals surface area contributed by atoms with Crippen LogP contribution in [0.3, 0.4) is 0 Å². The van der Waals surface area contributed by atoms with E-state index in [2.05, 4.69) is 38.1 Å². The highest BCUT2D eigenvalue weighted by Gasteiger charge is 2.45. The third-order valence-electron chi connectivity index (χ3n) is 7.10. The molecule has 3 fully saturated rings. The number of hydrogen-bond donors (Lipinski definition) is 4. The van der Waals surface area contributed by atoms with Gasteiger partial charge >= 0.3 is 6.03 Å². The van der Waals surface area contributed by atoms with Crippen molar-refractivity contribution >= 4 is 17.6 Å². The zero-order valence-corrected chi connectivity index (χ0v) is 18.3. The van der Waals surface area contributed by atoms with Gasteiger partial charge in [-0.15, -0.1) is 0 Å². The molecule has 1 aromatic rings. The Morgan fingerprint density at radius 3 is 2.87 bits per heavy atom. The van der Waals surface area contributed by atoms with Crippen molar-refractivity contribution in [1.82, 2.24) is 30.8 Å². The second kappa shape index (κ2) is 8.76. The fraction of sp³-hybridized carbons (Fsp3) is 0.762. The van der Waals surface area contributed by atoms with Crippen molar-refractivity contribution in [3.63, 3.8) is 0 Å². The molecule has 0 bridgehead atoms. The van der Waals surface area contributed by atoms with Gasteiger partial charge in [0.25, 0.3) is 0 Å². The monoisotopic (exact) mass is 430 g/mol. The third kappa shape index (κ3) is 4.56. The van der Waals surface area contributed by atoms with E-state index in [-0.39, 0.29) is 17.6 Å². The molecule has 10 heteroatoms. The highest BCUT2D eigenvalue weighted by Crippen LogP contribution is 2.38. The van der Waals surface area contributed by atoms with Gasteiger partial charge in [-0.1, -0.05) is 0 Å². The van der Waals surface area contributed by atoms with Crippen LogP contribution in [0, 0.1) is 5.92 Å². The number of fused-ring (bicyclic) bond motifs is 1. The predicted octanol–water partition coefficient (Wildman–Crippen LogP) is 1.15. The highest BCUT2D eigenvalue weighted by atomic mass is 16.5. The Balaban J connectivity index is 1.21. The molecule has 1 aromatic heterocycles. The van der Waals surface area contributed by atoms with Gasteiger partial charge in [-0.2, -0.15) is 5.10 Å². The zero-order valence-electron chi connectivity index (χ0n) is 18.3. The number of H-pyrrole nitrogens is 1. The van der Waals surface area contributed by atoms with E-state index in [0.717, 1.165) is 83.2 Å². The van der Waals surface area contributed by atoms with Crippen molar-refractivity contribution in [3.8, 4) is 0 Å². The number of amides is 2. The fourth-order valence-corrected chi connectivity index (χ4v) is 5.47. The van der Waals surface area contributed by atoms with Crippen LogP contribution in [0.4, 0.5) is 10.5 Å². The number of hydrazine groups is 1. The van der Waals surface area contributed by atoms with Gasteiger partial charge in [0.05, 0.1) is 36.7 Å². The van der Waals surface area contributed by atoms with Crippen LogP contribution < -0.4 is 16.1 Å². The molecule has 170 valence electrons. The van der Waals surface area contributed by atoms with Gasteiger partial charge in [0.2, 0.25) is 0 Å². The van der Waals surface area contributed by atoms with E-state index in [1.54, 1.807) is 6.20 Å². The summed E-state index contributed by atoms with van der Waals surface area (Å²) in [5, 5.41) is 15.7. The molecule has 0 radical (unpaired) electrons. The minimum absolute atomic E-state index is 0.0648. The van der Waals surface area contributed by atoms with Gasteiger partial charge in [-0.25, -0.2) is 9.80 Å². The van der Waals surface area contributed by atoms with Crippen molar-refractivity contribution < 1.29 is 9.53 Å². The fourth-order valence-electron chi connectivity index (χ4n) is 5.47. The quantitative estimate of drug-likeness (QED) is 0.558. The molecule has 2 unspecified atom stereocenters. The summed E-state index contributed by atoms with van der Waals surface area (Å²) in [5.74, 6) is 1.46. The Hall–Kier alpha value is -2.17. The maximum absolute atomic E-state index is 12.4. The van der Waals surface area contributed by atoms with Gasteiger partial charge in [-0.3, -0.25) is 20.4 Å². The van der Waals surface area contributed by atoms with E-state index >= 15 is 0 Å². The molecule has 10 nitrogen and oxygen atoms in total. The molecule has 5 rings (SSSR count). The summed E-state index contributed by atoms with van der Waals surface area (Å²) in [5.41, 5.74) is 4.24. The molecular weight excluding hydrogens is 396 g/mol. The minimum Gasteiger partial charge on any atom is -0.379 e. The smallest absolute Gasteiger partial charge is 0.333 e. The number of ether oxygens (including phenoxy) is 1. The van der Waals surface area contributed by atoms with Gasteiger partial charge < -0.3 is 15.4 Å². The number of anilines is 1. The van der Waals surface area contributed by atoms with Crippen molar-refractivity contribution in [1.29, 1.82) is 0 Å². The van der Waals surface area contributed by atoms with Crippen LogP contribution in [0.1, 0.15) is 44.7 Å². The first kappa shape index (κ1) is 20.7. The SMILES string of the molecule is C[C@]12CC(CN3CCOCC3)CCC1N=C(c1[nH]ncc1NC(=O)NN1CCCC1)N2. The summed E-state index contributed by atoms with van der Waals surface area (Å²) >= 11 is 0. The van der Waals surface area contributed by atoms with E-state index in [1.165, 1.54) is 6.42 Å². The number of nitrogens with one attached hydrogen (secondary N) is 4. The lowest BCUT2D eigenvalue weighted by atomic mass is 9.74. The number of carbonyl (C=O) groups is 1. The van der Waals surface area contributed by atoms with Gasteiger partial charge in [0, 0.05) is 32.7 Å². The van der Waals surface area contributed by atoms with E-state index in [0.29, 0.717) is 11.6 Å². The molecule has 4 aliphatic rings. The number of aromatic amines is 1. The number of morpholine rings is 1. The summed E-state index contributed by atoms with van der Waals surface area (Å²) in [6.45, 7) is 8.97. The number of aromatic nitrogens is 2. The molecule has 2 saturated heterocycles. The largest absolute Gasteiger partial charge is 0.379 e. The zero-order chi connectivity index (χ0) is 21.3. The van der Waals surface area contributed by atoms with Crippen molar-refractivity contribution in [2.45, 2.75) is 50.6 Å². The van der Waals surface area contributed by atoms with Gasteiger partial charge in [0.15, 0.2) is 0 Å². The Bertz CT molecular complexity index is 814. The predicted molar refractivity (Wildman–Crippen MR) is 118 cm³/mol. The van der Waals surface area contributed by atoms with Crippen LogP contribution in [0.5, 0.6) is 0 Å². The van der Waals surface area contributed by atoms with Crippen LogP contribution in [-0.4, -0.2) is 89.5 Å². The second-order valence-corrected chi connectivity index (χ2v) is 9.52. The number of carbonyl (C=O) groups excluding carboxylic acids is 1. The van der Waals surface area contributed by atoms with Crippen LogP contribution in [0.25, 0.3) is 0 Å². The van der Waals surface area contributed by atoms with E-state index in [4.69, 9.17) is 9.73 Å². The molecule has 0 aromatic carbocycles. The van der Waals surface area contributed by atoms with Crippen molar-refractivity contribution in [3.05, 3.63) is 11.9 Å². The lowest BCUT2D eigenvalue weighted by Crippen LogP contribution is -2.53. The first-order chi connectivity index (χ1) is 15.1. The topological polar surface area (TPSA) is 110 Å². The van der Waals surface area contributed by atoms with Crippen LogP contribution in [0.2, 0.25) is 0 Å². The number of urea groups is 1. The third-order valence-corrected chi connectivity index (χ3v) is 7.10. The first-order valence-electron chi connectivity index (χ1n) is 11.6. The van der Waals surface area contributed by atoms with Crippen molar-refractivity contribution in [2.24, 2.45) is 10.9 Å². The Morgan fingerprint density at radius 2 is 2.06 bits per heavy atom. The maximum atomic E-state index is 12.4. The Morgan fingerprint density at radius 1 is 1.26 bits per heavy atom. The number of hydrogen-bond acceptors (Lipinski definition) is 7. The average Bonchev–Trinajstić information content (AvgIpc) is 3.48. The van der Waals surface area contributed by atoms with E-state index in [1.807, 2.05) is 5.01 Å². The average molecular weight is 431 g/mol. The number of nitrogens with zero attached hydrogens (tertiary/aromatic N) is 4. The molecular formula is C21H34N8O2. The van der Waals surface area contributed by atoms with Crippen molar-refractivity contribution in [2.75, 3.05) is 51.3 Å². The molecule has 2 amide bonds. The molecule has 4 N–H and O–H groups in total. The lowest BCUT2D eigenvalue weighted by Gasteiger charge is -2.41. The number of amidine groups is 1. The number of rotatable bonds is 5. The van der Waals surface area contributed by atoms with E-state index in [9.17, 15) is 4.79 Å². The molecule has 1 saturated carbocycles. The number of aliphatic imine (C=N–C) groups is 1. The van der Waals surface area contributed by atoms with Crippen LogP contribution in [0.15, 0.2) is 11.2 Å². The lowest BCUT2D eigenvalue weighted by molar-refractivity contribution is 0.0238. The summed E-state index contributed by atoms with van der Waals surface area (Å²) in [4.78, 5) is 19.9. The Labute approximate surface area is 183 Å². The summed E-state index contributed by atoms with van der Waals surface area (Å²) in [6, 6.07) is 0.00960. The second-order valence-electron chi connectivity index (χ2n) is 9.52. The molecule has 0 spiro atoms. The summed E-state index contributed by atoms with van der Waals surface area (Å²) in [7, 11) is 0. The van der Waals surface area contributed by atoms with Crippen LogP contribution in [-0.2, 0) is 4.74 Å². The standard InChI is InChI=1S/C21H34N8O2/c1-21-12-15(14-28-8-10-31-11-9-28)4-5-17(21)24-19(25-21)18-16(13-22-26-18)23-20(30)27-29-6-2-3-7-29/h13,15,17H,2-12,14H2,1H3,(H,22,26)(H,24,25)(H2,23,27,30)/t15?,17?,21-/m0/s1. The molecule has 3 aliphatic heterocycles.